The first-order chi connectivity index (χ1) is 13.7. The van der Waals surface area contributed by atoms with Crippen molar-refractivity contribution >= 4 is 17.4 Å². The number of nitrogens with one attached hydrogen (secondary N) is 1. The molecular formula is C23H20N4O. The van der Waals surface area contributed by atoms with Crippen LogP contribution in [0.15, 0.2) is 79.3 Å². The molecular weight excluding hydrogens is 348 g/mol. The summed E-state index contributed by atoms with van der Waals surface area (Å²) in [7, 11) is 0. The maximum atomic E-state index is 13.1. The van der Waals surface area contributed by atoms with Crippen molar-refractivity contribution in [2.75, 3.05) is 5.32 Å². The standard InChI is InChI=1S/C23H20N4O/c28-21(23(12-4-13-23)18-6-2-1-3-7-18)25-19-10-8-17(9-11-19)20-16-27-15-5-14-24-22(27)26-20/h1-3,5-11,14-16H,4,12-13H2,(H,25,28). The van der Waals surface area contributed by atoms with Gasteiger partial charge in [-0.3, -0.25) is 9.20 Å². The molecule has 1 fully saturated rings. The van der Waals surface area contributed by atoms with E-state index in [1.54, 1.807) is 6.20 Å². The first kappa shape index (κ1) is 16.7. The molecule has 0 unspecified atom stereocenters. The first-order valence-electron chi connectivity index (χ1n) is 9.52. The van der Waals surface area contributed by atoms with E-state index in [0.717, 1.165) is 41.8 Å². The number of carbonyl (C=O) groups excluding carboxylic acids is 1. The number of aromatic nitrogens is 3. The number of nitrogens with zero attached hydrogens (tertiary/aromatic N) is 3. The van der Waals surface area contributed by atoms with Crippen LogP contribution in [0.5, 0.6) is 0 Å². The molecule has 138 valence electrons. The Morgan fingerprint density at radius 1 is 1.00 bits per heavy atom. The van der Waals surface area contributed by atoms with Gasteiger partial charge in [0.2, 0.25) is 11.7 Å². The van der Waals surface area contributed by atoms with Crippen molar-refractivity contribution in [3.63, 3.8) is 0 Å². The summed E-state index contributed by atoms with van der Waals surface area (Å²) in [6, 6.07) is 19.8. The molecule has 28 heavy (non-hydrogen) atoms. The van der Waals surface area contributed by atoms with Crippen molar-refractivity contribution in [3.05, 3.63) is 84.8 Å². The Bertz CT molecular complexity index is 1100. The Morgan fingerprint density at radius 2 is 1.79 bits per heavy atom. The molecule has 1 amide bonds. The third-order valence-corrected chi connectivity index (χ3v) is 5.64. The summed E-state index contributed by atoms with van der Waals surface area (Å²) < 4.78 is 1.89. The van der Waals surface area contributed by atoms with Crippen LogP contribution in [0.4, 0.5) is 5.69 Å². The Kier molecular flexibility index (Phi) is 3.93. The van der Waals surface area contributed by atoms with E-state index in [1.807, 2.05) is 65.3 Å². The van der Waals surface area contributed by atoms with Crippen molar-refractivity contribution in [3.8, 4) is 11.3 Å². The van der Waals surface area contributed by atoms with Gasteiger partial charge in [-0.25, -0.2) is 9.97 Å². The Balaban J connectivity index is 1.37. The van der Waals surface area contributed by atoms with E-state index in [9.17, 15) is 4.79 Å². The summed E-state index contributed by atoms with van der Waals surface area (Å²) in [4.78, 5) is 21.8. The number of benzene rings is 2. The lowest BCUT2D eigenvalue weighted by atomic mass is 9.64. The molecule has 5 nitrogen and oxygen atoms in total. The normalized spacial score (nSPS) is 15.1. The molecule has 1 aliphatic rings. The minimum atomic E-state index is -0.396. The maximum absolute atomic E-state index is 13.1. The van der Waals surface area contributed by atoms with Crippen molar-refractivity contribution < 1.29 is 4.79 Å². The highest BCUT2D eigenvalue weighted by Crippen LogP contribution is 2.44. The van der Waals surface area contributed by atoms with Gasteiger partial charge >= 0.3 is 0 Å². The third-order valence-electron chi connectivity index (χ3n) is 5.64. The lowest BCUT2D eigenvalue weighted by Crippen LogP contribution is -2.45. The van der Waals surface area contributed by atoms with E-state index in [4.69, 9.17) is 0 Å². The number of amides is 1. The number of carbonyl (C=O) groups is 1. The topological polar surface area (TPSA) is 59.3 Å². The molecule has 1 saturated carbocycles. The summed E-state index contributed by atoms with van der Waals surface area (Å²) in [6.07, 6.45) is 8.49. The van der Waals surface area contributed by atoms with Crippen LogP contribution in [0.2, 0.25) is 0 Å². The highest BCUT2D eigenvalue weighted by molar-refractivity contribution is 6.00. The number of hydrogen-bond donors (Lipinski definition) is 1. The molecule has 2 aromatic carbocycles. The first-order valence-corrected chi connectivity index (χ1v) is 9.52. The molecule has 2 heterocycles. The number of imidazole rings is 1. The second kappa shape index (κ2) is 6.60. The summed E-state index contributed by atoms with van der Waals surface area (Å²) in [5, 5.41) is 3.11. The molecule has 0 bridgehead atoms. The highest BCUT2D eigenvalue weighted by atomic mass is 16.2. The zero-order valence-corrected chi connectivity index (χ0v) is 15.4. The molecule has 4 aromatic rings. The highest BCUT2D eigenvalue weighted by Gasteiger charge is 2.45. The predicted octanol–water partition coefficient (Wildman–Crippen LogP) is 4.46. The Labute approximate surface area is 163 Å². The van der Waals surface area contributed by atoms with Crippen LogP contribution in [0.25, 0.3) is 17.0 Å². The van der Waals surface area contributed by atoms with E-state index in [2.05, 4.69) is 27.4 Å². The SMILES string of the molecule is O=C(Nc1ccc(-c2cn3cccnc3n2)cc1)C1(c2ccccc2)CCC1. The van der Waals surface area contributed by atoms with E-state index in [1.165, 1.54) is 0 Å². The molecule has 1 aliphatic carbocycles. The summed E-state index contributed by atoms with van der Waals surface area (Å²) in [6.45, 7) is 0. The zero-order chi connectivity index (χ0) is 19.0. The molecule has 0 saturated heterocycles. The van der Waals surface area contributed by atoms with Gasteiger partial charge in [-0.1, -0.05) is 48.9 Å². The lowest BCUT2D eigenvalue weighted by molar-refractivity contribution is -0.124. The quantitative estimate of drug-likeness (QED) is 0.579. The fourth-order valence-electron chi connectivity index (χ4n) is 3.88. The smallest absolute Gasteiger partial charge is 0.235 e. The second-order valence-electron chi connectivity index (χ2n) is 7.29. The average molecular weight is 368 g/mol. The molecule has 0 spiro atoms. The van der Waals surface area contributed by atoms with Crippen LogP contribution in [0, 0.1) is 0 Å². The summed E-state index contributed by atoms with van der Waals surface area (Å²) >= 11 is 0. The van der Waals surface area contributed by atoms with Gasteiger partial charge in [0, 0.05) is 29.8 Å². The fraction of sp³-hybridized carbons (Fsp3) is 0.174. The van der Waals surface area contributed by atoms with Gasteiger partial charge in [0.25, 0.3) is 0 Å². The van der Waals surface area contributed by atoms with E-state index >= 15 is 0 Å². The van der Waals surface area contributed by atoms with Crippen LogP contribution >= 0.6 is 0 Å². The molecule has 1 N–H and O–H groups in total. The summed E-state index contributed by atoms with van der Waals surface area (Å²) in [5.74, 6) is 0.749. The van der Waals surface area contributed by atoms with Gasteiger partial charge in [-0.2, -0.15) is 0 Å². The Hall–Kier alpha value is -3.47. The minimum absolute atomic E-state index is 0.0784. The number of hydrogen-bond acceptors (Lipinski definition) is 3. The largest absolute Gasteiger partial charge is 0.325 e. The summed E-state index contributed by atoms with van der Waals surface area (Å²) in [5.41, 5.74) is 3.36. The van der Waals surface area contributed by atoms with Crippen molar-refractivity contribution in [2.45, 2.75) is 24.7 Å². The third kappa shape index (κ3) is 2.76. The lowest BCUT2D eigenvalue weighted by Gasteiger charge is -2.40. The van der Waals surface area contributed by atoms with Gasteiger partial charge in [0.1, 0.15) is 0 Å². The molecule has 5 rings (SSSR count). The van der Waals surface area contributed by atoms with E-state index in [-0.39, 0.29) is 5.91 Å². The second-order valence-corrected chi connectivity index (χ2v) is 7.29. The van der Waals surface area contributed by atoms with Gasteiger partial charge in [-0.15, -0.1) is 0 Å². The van der Waals surface area contributed by atoms with Crippen LogP contribution in [0.1, 0.15) is 24.8 Å². The molecule has 0 radical (unpaired) electrons. The van der Waals surface area contributed by atoms with Gasteiger partial charge < -0.3 is 5.32 Å². The monoisotopic (exact) mass is 368 g/mol. The molecule has 5 heteroatoms. The van der Waals surface area contributed by atoms with E-state index in [0.29, 0.717) is 5.78 Å². The minimum Gasteiger partial charge on any atom is -0.325 e. The van der Waals surface area contributed by atoms with Crippen LogP contribution in [0.3, 0.4) is 0 Å². The van der Waals surface area contributed by atoms with Gasteiger partial charge in [0.05, 0.1) is 11.1 Å². The zero-order valence-electron chi connectivity index (χ0n) is 15.4. The average Bonchev–Trinajstić information content (AvgIpc) is 3.13. The molecule has 2 aromatic heterocycles. The maximum Gasteiger partial charge on any atom is 0.235 e. The van der Waals surface area contributed by atoms with Gasteiger partial charge in [-0.05, 0) is 36.6 Å². The number of anilines is 1. The van der Waals surface area contributed by atoms with Crippen molar-refractivity contribution in [1.82, 2.24) is 14.4 Å². The van der Waals surface area contributed by atoms with E-state index < -0.39 is 5.41 Å². The van der Waals surface area contributed by atoms with Crippen molar-refractivity contribution in [2.24, 2.45) is 0 Å². The van der Waals surface area contributed by atoms with Gasteiger partial charge in [0.15, 0.2) is 0 Å². The van der Waals surface area contributed by atoms with Crippen LogP contribution in [-0.2, 0) is 10.2 Å². The van der Waals surface area contributed by atoms with Crippen LogP contribution in [-0.4, -0.2) is 20.3 Å². The van der Waals surface area contributed by atoms with Crippen molar-refractivity contribution in [1.29, 1.82) is 0 Å². The molecule has 0 atom stereocenters. The fourth-order valence-corrected chi connectivity index (χ4v) is 3.88. The van der Waals surface area contributed by atoms with Crippen LogP contribution < -0.4 is 5.32 Å². The Morgan fingerprint density at radius 3 is 2.46 bits per heavy atom. The predicted molar refractivity (Wildman–Crippen MR) is 109 cm³/mol. The molecule has 0 aliphatic heterocycles. The number of rotatable bonds is 4. The number of fused-ring (bicyclic) bond motifs is 1.